The minimum atomic E-state index is -3.55. The standard InChI is InChI=1S/C20H18N2O3S/c23-26(24,15-7-2-1-3-8-15)20(12-13-20)19-21-18(22-25-19)17-11-10-14-6-4-5-9-16(14)17/h1-9,17H,10-13H2. The van der Waals surface area contributed by atoms with Crippen molar-refractivity contribution in [1.29, 1.82) is 0 Å². The summed E-state index contributed by atoms with van der Waals surface area (Å²) in [6.45, 7) is 0. The normalized spacial score (nSPS) is 20.7. The van der Waals surface area contributed by atoms with Crippen LogP contribution >= 0.6 is 0 Å². The van der Waals surface area contributed by atoms with Crippen molar-refractivity contribution in [3.63, 3.8) is 0 Å². The lowest BCUT2D eigenvalue weighted by atomic mass is 10.0. The Morgan fingerprint density at radius 2 is 1.73 bits per heavy atom. The third kappa shape index (κ3) is 2.18. The van der Waals surface area contributed by atoms with Gasteiger partial charge in [0.25, 0.3) is 0 Å². The highest BCUT2D eigenvalue weighted by Gasteiger charge is 2.61. The summed E-state index contributed by atoms with van der Waals surface area (Å²) < 4.78 is 30.7. The number of benzene rings is 2. The molecule has 2 aliphatic carbocycles. The summed E-state index contributed by atoms with van der Waals surface area (Å²) in [5.41, 5.74) is 2.53. The van der Waals surface area contributed by atoms with Crippen LogP contribution in [0.15, 0.2) is 64.0 Å². The minimum absolute atomic E-state index is 0.0823. The van der Waals surface area contributed by atoms with Crippen molar-refractivity contribution < 1.29 is 12.9 Å². The Bertz CT molecular complexity index is 1070. The Balaban J connectivity index is 1.52. The zero-order valence-electron chi connectivity index (χ0n) is 14.1. The van der Waals surface area contributed by atoms with Crippen LogP contribution in [0.5, 0.6) is 0 Å². The van der Waals surface area contributed by atoms with Gasteiger partial charge in [0.2, 0.25) is 5.89 Å². The van der Waals surface area contributed by atoms with Gasteiger partial charge in [-0.2, -0.15) is 4.98 Å². The molecule has 0 N–H and O–H groups in total. The zero-order valence-corrected chi connectivity index (χ0v) is 14.9. The summed E-state index contributed by atoms with van der Waals surface area (Å²) in [6, 6.07) is 16.8. The fraction of sp³-hybridized carbons (Fsp3) is 0.300. The molecule has 3 aromatic rings. The van der Waals surface area contributed by atoms with Gasteiger partial charge in [-0.05, 0) is 48.9 Å². The predicted molar refractivity (Wildman–Crippen MR) is 95.4 cm³/mol. The third-order valence-electron chi connectivity index (χ3n) is 5.55. The van der Waals surface area contributed by atoms with Crippen LogP contribution in [-0.4, -0.2) is 18.6 Å². The van der Waals surface area contributed by atoms with Crippen molar-refractivity contribution in [3.05, 3.63) is 77.4 Å². The number of aromatic nitrogens is 2. The number of rotatable bonds is 4. The molecule has 2 aliphatic rings. The van der Waals surface area contributed by atoms with Gasteiger partial charge in [-0.1, -0.05) is 47.6 Å². The molecular weight excluding hydrogens is 348 g/mol. The van der Waals surface area contributed by atoms with Crippen LogP contribution in [-0.2, 0) is 21.0 Å². The fourth-order valence-corrected chi connectivity index (χ4v) is 5.84. The van der Waals surface area contributed by atoms with E-state index in [4.69, 9.17) is 4.52 Å². The van der Waals surface area contributed by atoms with E-state index in [1.165, 1.54) is 11.1 Å². The van der Waals surface area contributed by atoms with Crippen LogP contribution in [0.1, 0.15) is 48.0 Å². The maximum absolute atomic E-state index is 13.1. The first-order valence-corrected chi connectivity index (χ1v) is 10.3. The summed E-state index contributed by atoms with van der Waals surface area (Å²) in [6.07, 6.45) is 2.95. The molecule has 1 atom stereocenters. The molecule has 5 rings (SSSR count). The number of nitrogens with zero attached hydrogens (tertiary/aromatic N) is 2. The van der Waals surface area contributed by atoms with E-state index in [2.05, 4.69) is 22.3 Å². The van der Waals surface area contributed by atoms with Gasteiger partial charge < -0.3 is 4.52 Å². The molecule has 5 nitrogen and oxygen atoms in total. The molecule has 1 heterocycles. The van der Waals surface area contributed by atoms with Gasteiger partial charge in [0.15, 0.2) is 20.4 Å². The molecule has 0 bridgehead atoms. The van der Waals surface area contributed by atoms with Crippen LogP contribution in [0.3, 0.4) is 0 Å². The molecule has 6 heteroatoms. The second-order valence-electron chi connectivity index (χ2n) is 7.06. The van der Waals surface area contributed by atoms with Crippen molar-refractivity contribution in [2.45, 2.75) is 41.2 Å². The van der Waals surface area contributed by atoms with Gasteiger partial charge in [0, 0.05) is 5.92 Å². The molecule has 0 saturated heterocycles. The SMILES string of the molecule is O=S(=O)(c1ccccc1)C1(c2nc(C3CCc4ccccc43)no2)CC1. The summed E-state index contributed by atoms with van der Waals surface area (Å²) in [5, 5.41) is 4.16. The lowest BCUT2D eigenvalue weighted by Gasteiger charge is -2.12. The largest absolute Gasteiger partial charge is 0.338 e. The average molecular weight is 366 g/mol. The first kappa shape index (κ1) is 15.8. The highest BCUT2D eigenvalue weighted by molar-refractivity contribution is 7.92. The summed E-state index contributed by atoms with van der Waals surface area (Å²) >= 11 is 0. The summed E-state index contributed by atoms with van der Waals surface area (Å²) in [4.78, 5) is 4.87. The number of fused-ring (bicyclic) bond motifs is 1. The minimum Gasteiger partial charge on any atom is -0.338 e. The molecule has 0 spiro atoms. The smallest absolute Gasteiger partial charge is 0.248 e. The number of hydrogen-bond donors (Lipinski definition) is 0. The van der Waals surface area contributed by atoms with Gasteiger partial charge in [0.05, 0.1) is 4.90 Å². The number of sulfone groups is 1. The Morgan fingerprint density at radius 1 is 1.00 bits per heavy atom. The van der Waals surface area contributed by atoms with Crippen molar-refractivity contribution in [2.24, 2.45) is 0 Å². The molecule has 0 aliphatic heterocycles. The molecule has 0 amide bonds. The van der Waals surface area contributed by atoms with Crippen molar-refractivity contribution in [2.75, 3.05) is 0 Å². The van der Waals surface area contributed by atoms with Crippen molar-refractivity contribution in [1.82, 2.24) is 10.1 Å². The van der Waals surface area contributed by atoms with Gasteiger partial charge >= 0.3 is 0 Å². The molecule has 26 heavy (non-hydrogen) atoms. The maximum Gasteiger partial charge on any atom is 0.248 e. The Labute approximate surface area is 152 Å². The van der Waals surface area contributed by atoms with Crippen LogP contribution in [0.2, 0.25) is 0 Å². The zero-order chi connectivity index (χ0) is 17.8. The average Bonchev–Trinajstić information content (AvgIpc) is 3.16. The lowest BCUT2D eigenvalue weighted by molar-refractivity contribution is 0.361. The van der Waals surface area contributed by atoms with Gasteiger partial charge in [-0.15, -0.1) is 0 Å². The highest BCUT2D eigenvalue weighted by atomic mass is 32.2. The second-order valence-corrected chi connectivity index (χ2v) is 9.32. The van der Waals surface area contributed by atoms with Crippen LogP contribution in [0, 0.1) is 0 Å². The van der Waals surface area contributed by atoms with Gasteiger partial charge in [-0.25, -0.2) is 8.42 Å². The molecule has 2 aromatic carbocycles. The van der Waals surface area contributed by atoms with E-state index in [9.17, 15) is 8.42 Å². The third-order valence-corrected chi connectivity index (χ3v) is 8.05. The van der Waals surface area contributed by atoms with Crippen molar-refractivity contribution >= 4 is 9.84 Å². The number of hydrogen-bond acceptors (Lipinski definition) is 5. The predicted octanol–water partition coefficient (Wildman–Crippen LogP) is 3.61. The van der Waals surface area contributed by atoms with E-state index < -0.39 is 14.6 Å². The Morgan fingerprint density at radius 3 is 2.50 bits per heavy atom. The molecule has 132 valence electrons. The maximum atomic E-state index is 13.1. The van der Waals surface area contributed by atoms with E-state index in [1.54, 1.807) is 30.3 Å². The molecule has 1 saturated carbocycles. The Hall–Kier alpha value is -2.47. The van der Waals surface area contributed by atoms with Gasteiger partial charge in [0.1, 0.15) is 0 Å². The fourth-order valence-electron chi connectivity index (χ4n) is 3.92. The molecule has 1 fully saturated rings. The first-order valence-electron chi connectivity index (χ1n) is 8.83. The van der Waals surface area contributed by atoms with E-state index >= 15 is 0 Å². The quantitative estimate of drug-likeness (QED) is 0.705. The molecule has 1 aromatic heterocycles. The molecule has 1 unspecified atom stereocenters. The van der Waals surface area contributed by atoms with Crippen LogP contribution in [0.25, 0.3) is 0 Å². The van der Waals surface area contributed by atoms with Crippen molar-refractivity contribution in [3.8, 4) is 0 Å². The summed E-state index contributed by atoms with van der Waals surface area (Å²) in [7, 11) is -3.55. The molecular formula is C20H18N2O3S. The van der Waals surface area contributed by atoms with E-state index in [0.29, 0.717) is 23.6 Å². The highest BCUT2D eigenvalue weighted by Crippen LogP contribution is 2.54. The number of aryl methyl sites for hydroxylation is 1. The van der Waals surface area contributed by atoms with Crippen LogP contribution in [0.4, 0.5) is 0 Å². The lowest BCUT2D eigenvalue weighted by Crippen LogP contribution is -2.21. The molecule has 0 radical (unpaired) electrons. The summed E-state index contributed by atoms with van der Waals surface area (Å²) in [5.74, 6) is 0.916. The Kier molecular flexibility index (Phi) is 3.34. The van der Waals surface area contributed by atoms with Gasteiger partial charge in [-0.3, -0.25) is 0 Å². The second kappa shape index (κ2) is 5.51. The van der Waals surface area contributed by atoms with E-state index in [1.807, 2.05) is 12.1 Å². The van der Waals surface area contributed by atoms with E-state index in [-0.39, 0.29) is 11.8 Å². The van der Waals surface area contributed by atoms with E-state index in [0.717, 1.165) is 12.8 Å². The van der Waals surface area contributed by atoms with Crippen LogP contribution < -0.4 is 0 Å². The topological polar surface area (TPSA) is 73.1 Å². The monoisotopic (exact) mass is 366 g/mol. The first-order chi connectivity index (χ1) is 12.6.